The average molecular weight is 301 g/mol. The molecule has 0 atom stereocenters. The summed E-state index contributed by atoms with van der Waals surface area (Å²) in [5, 5.41) is 4.63. The molecule has 0 bridgehead atoms. The van der Waals surface area contributed by atoms with Crippen LogP contribution in [0.2, 0.25) is 0 Å². The van der Waals surface area contributed by atoms with Gasteiger partial charge in [-0.15, -0.1) is 0 Å². The first-order valence-corrected chi connectivity index (χ1v) is 6.91. The van der Waals surface area contributed by atoms with Crippen LogP contribution in [-0.4, -0.2) is 25.9 Å². The molecule has 5 nitrogen and oxygen atoms in total. The first-order valence-electron chi connectivity index (χ1n) is 6.91. The van der Waals surface area contributed by atoms with Crippen molar-refractivity contribution in [2.24, 2.45) is 0 Å². The Morgan fingerprint density at radius 1 is 1.05 bits per heavy atom. The van der Waals surface area contributed by atoms with Crippen molar-refractivity contribution in [3.05, 3.63) is 29.8 Å². The van der Waals surface area contributed by atoms with Gasteiger partial charge in [-0.2, -0.15) is 0 Å². The van der Waals surface area contributed by atoms with Crippen molar-refractivity contribution in [1.29, 1.82) is 0 Å². The molecule has 2 aromatic rings. The molecule has 22 heavy (non-hydrogen) atoms. The van der Waals surface area contributed by atoms with Crippen LogP contribution < -0.4 is 14.8 Å². The Balaban J connectivity index is 2.47. The van der Waals surface area contributed by atoms with E-state index in [2.05, 4.69) is 5.32 Å². The second-order valence-electron chi connectivity index (χ2n) is 5.06. The van der Waals surface area contributed by atoms with Crippen LogP contribution in [0.3, 0.4) is 0 Å². The second-order valence-corrected chi connectivity index (χ2v) is 5.06. The third kappa shape index (κ3) is 3.03. The molecule has 0 heterocycles. The van der Waals surface area contributed by atoms with Crippen molar-refractivity contribution in [1.82, 2.24) is 0 Å². The Hall–Kier alpha value is -2.56. The molecule has 2 rings (SSSR count). The number of Topliss-reactive ketones (excluding diaryl/α,β-unsaturated/α-hetero) is 1. The summed E-state index contributed by atoms with van der Waals surface area (Å²) in [6, 6.07) is 7.42. The van der Waals surface area contributed by atoms with E-state index in [1.54, 1.807) is 20.3 Å². The first-order chi connectivity index (χ1) is 10.5. The van der Waals surface area contributed by atoms with E-state index in [0.717, 1.165) is 16.3 Å². The summed E-state index contributed by atoms with van der Waals surface area (Å²) < 4.78 is 10.7. The SMILES string of the molecule is COc1ccc2c(C)c(NC(=O)CC(C)=O)ccc2c1OC. The number of hydrogen-bond donors (Lipinski definition) is 1. The van der Waals surface area contributed by atoms with E-state index in [9.17, 15) is 9.59 Å². The van der Waals surface area contributed by atoms with Crippen LogP contribution >= 0.6 is 0 Å². The Kier molecular flexibility index (Phi) is 4.65. The highest BCUT2D eigenvalue weighted by molar-refractivity contribution is 6.05. The average Bonchev–Trinajstić information content (AvgIpc) is 2.48. The van der Waals surface area contributed by atoms with Crippen LogP contribution in [-0.2, 0) is 9.59 Å². The van der Waals surface area contributed by atoms with Gasteiger partial charge in [0.05, 0.1) is 20.6 Å². The number of fused-ring (bicyclic) bond motifs is 1. The zero-order valence-corrected chi connectivity index (χ0v) is 13.1. The Morgan fingerprint density at radius 2 is 1.73 bits per heavy atom. The third-order valence-corrected chi connectivity index (χ3v) is 3.49. The lowest BCUT2D eigenvalue weighted by atomic mass is 10.0. The maximum absolute atomic E-state index is 11.8. The van der Waals surface area contributed by atoms with Gasteiger partial charge in [-0.3, -0.25) is 9.59 Å². The standard InChI is InChI=1S/C17H19NO4/c1-10(19)9-16(20)18-14-7-5-13-12(11(14)2)6-8-15(21-3)17(13)22-4/h5-8H,9H2,1-4H3,(H,18,20). The number of carbonyl (C=O) groups is 2. The summed E-state index contributed by atoms with van der Waals surface area (Å²) in [5.74, 6) is 0.838. The lowest BCUT2D eigenvalue weighted by Gasteiger charge is -2.15. The monoisotopic (exact) mass is 301 g/mol. The lowest BCUT2D eigenvalue weighted by Crippen LogP contribution is -2.15. The number of hydrogen-bond acceptors (Lipinski definition) is 4. The van der Waals surface area contributed by atoms with Crippen molar-refractivity contribution >= 4 is 28.2 Å². The van der Waals surface area contributed by atoms with Gasteiger partial charge in [0.15, 0.2) is 11.5 Å². The van der Waals surface area contributed by atoms with Crippen LogP contribution in [0.4, 0.5) is 5.69 Å². The fourth-order valence-corrected chi connectivity index (χ4v) is 2.44. The van der Waals surface area contributed by atoms with Crippen LogP contribution in [0.25, 0.3) is 10.8 Å². The number of ether oxygens (including phenoxy) is 2. The predicted octanol–water partition coefficient (Wildman–Crippen LogP) is 3.08. The highest BCUT2D eigenvalue weighted by Gasteiger charge is 2.13. The molecule has 0 saturated carbocycles. The molecule has 2 aromatic carbocycles. The molecule has 116 valence electrons. The number of carbonyl (C=O) groups excluding carboxylic acids is 2. The molecule has 0 aliphatic carbocycles. The number of anilines is 1. The molecule has 0 unspecified atom stereocenters. The van der Waals surface area contributed by atoms with Crippen molar-refractivity contribution in [2.45, 2.75) is 20.3 Å². The highest BCUT2D eigenvalue weighted by atomic mass is 16.5. The number of methoxy groups -OCH3 is 2. The van der Waals surface area contributed by atoms with E-state index in [0.29, 0.717) is 17.2 Å². The van der Waals surface area contributed by atoms with Gasteiger partial charge >= 0.3 is 0 Å². The molecule has 0 aliphatic heterocycles. The van der Waals surface area contributed by atoms with Crippen LogP contribution in [0.5, 0.6) is 11.5 Å². The first kappa shape index (κ1) is 15.8. The molecular weight excluding hydrogens is 282 g/mol. The fourth-order valence-electron chi connectivity index (χ4n) is 2.44. The van der Waals surface area contributed by atoms with Gasteiger partial charge in [0.2, 0.25) is 5.91 Å². The number of ketones is 1. The molecular formula is C17H19NO4. The van der Waals surface area contributed by atoms with E-state index in [1.165, 1.54) is 6.92 Å². The van der Waals surface area contributed by atoms with E-state index in [-0.39, 0.29) is 18.1 Å². The largest absolute Gasteiger partial charge is 0.493 e. The summed E-state index contributed by atoms with van der Waals surface area (Å²) in [5.41, 5.74) is 1.60. The molecule has 1 amide bonds. The summed E-state index contributed by atoms with van der Waals surface area (Å²) in [6.45, 7) is 3.31. The van der Waals surface area contributed by atoms with E-state index < -0.39 is 0 Å². The maximum atomic E-state index is 11.8. The smallest absolute Gasteiger partial charge is 0.231 e. The minimum atomic E-state index is -0.310. The number of rotatable bonds is 5. The summed E-state index contributed by atoms with van der Waals surface area (Å²) in [7, 11) is 3.18. The number of nitrogens with one attached hydrogen (secondary N) is 1. The van der Waals surface area contributed by atoms with Crippen LogP contribution in [0.15, 0.2) is 24.3 Å². The Morgan fingerprint density at radius 3 is 2.32 bits per heavy atom. The van der Waals surface area contributed by atoms with Gasteiger partial charge in [-0.05, 0) is 43.0 Å². The maximum Gasteiger partial charge on any atom is 0.231 e. The van der Waals surface area contributed by atoms with Gasteiger partial charge in [0, 0.05) is 11.1 Å². The van der Waals surface area contributed by atoms with Gasteiger partial charge in [0.1, 0.15) is 5.78 Å². The van der Waals surface area contributed by atoms with Gasteiger partial charge in [-0.25, -0.2) is 0 Å². The number of amides is 1. The summed E-state index contributed by atoms with van der Waals surface area (Å²) in [6.07, 6.45) is -0.122. The molecule has 5 heteroatoms. The van der Waals surface area contributed by atoms with E-state index in [1.807, 2.05) is 25.1 Å². The minimum absolute atomic E-state index is 0.122. The molecule has 0 aliphatic rings. The van der Waals surface area contributed by atoms with Gasteiger partial charge in [0.25, 0.3) is 0 Å². The topological polar surface area (TPSA) is 64.6 Å². The third-order valence-electron chi connectivity index (χ3n) is 3.49. The van der Waals surface area contributed by atoms with E-state index in [4.69, 9.17) is 9.47 Å². The minimum Gasteiger partial charge on any atom is -0.493 e. The normalized spacial score (nSPS) is 10.4. The molecule has 0 fully saturated rings. The number of aryl methyl sites for hydroxylation is 1. The molecule has 0 saturated heterocycles. The summed E-state index contributed by atoms with van der Waals surface area (Å²) >= 11 is 0. The van der Waals surface area contributed by atoms with Crippen LogP contribution in [0.1, 0.15) is 18.9 Å². The Bertz CT molecular complexity index is 737. The van der Waals surface area contributed by atoms with Crippen molar-refractivity contribution in [3.63, 3.8) is 0 Å². The van der Waals surface area contributed by atoms with Crippen LogP contribution in [0, 0.1) is 6.92 Å². The quantitative estimate of drug-likeness (QED) is 0.862. The Labute approximate surface area is 129 Å². The van der Waals surface area contributed by atoms with Gasteiger partial charge < -0.3 is 14.8 Å². The summed E-state index contributed by atoms with van der Waals surface area (Å²) in [4.78, 5) is 22.8. The van der Waals surface area contributed by atoms with Crippen molar-refractivity contribution in [2.75, 3.05) is 19.5 Å². The number of benzene rings is 2. The predicted molar refractivity (Wildman–Crippen MR) is 85.7 cm³/mol. The van der Waals surface area contributed by atoms with Crippen molar-refractivity contribution < 1.29 is 19.1 Å². The zero-order valence-electron chi connectivity index (χ0n) is 13.1. The molecule has 0 spiro atoms. The second kappa shape index (κ2) is 6.47. The fraction of sp³-hybridized carbons (Fsp3) is 0.294. The van der Waals surface area contributed by atoms with E-state index >= 15 is 0 Å². The lowest BCUT2D eigenvalue weighted by molar-refractivity contribution is -0.124. The highest BCUT2D eigenvalue weighted by Crippen LogP contribution is 2.38. The van der Waals surface area contributed by atoms with Gasteiger partial charge in [-0.1, -0.05) is 6.07 Å². The molecule has 0 aromatic heterocycles. The van der Waals surface area contributed by atoms with Crippen molar-refractivity contribution in [3.8, 4) is 11.5 Å². The zero-order chi connectivity index (χ0) is 16.3. The molecule has 1 N–H and O–H groups in total. The molecule has 0 radical (unpaired) electrons.